The van der Waals surface area contributed by atoms with Crippen LogP contribution in [0.25, 0.3) is 68.3 Å². The third-order valence-corrected chi connectivity index (χ3v) is 12.7. The van der Waals surface area contributed by atoms with Crippen molar-refractivity contribution in [2.45, 2.75) is 12.8 Å². The van der Waals surface area contributed by atoms with Crippen molar-refractivity contribution in [2.24, 2.45) is 4.99 Å². The standard InChI is InChI=1S/C46H31N8OP/c55-56(30-12-2-1-3-13-30)45-28-10-26-43(53-45)41-24-8-22-39(51-41)37-20-6-18-35(49-37)33-16-4-14-31(47-33)32-15-5-17-34(48-32)36-19-7-21-38(50-36)40-23-9-25-42(52-40)44-27-11-29-46(56)54-44/h1-10,12-26,28-29H,11,27H2. The van der Waals surface area contributed by atoms with Crippen LogP contribution >= 0.6 is 7.14 Å². The van der Waals surface area contributed by atoms with E-state index in [1.54, 1.807) is 0 Å². The first kappa shape index (κ1) is 33.5. The van der Waals surface area contributed by atoms with E-state index in [0.717, 1.165) is 11.4 Å². The highest BCUT2D eigenvalue weighted by Gasteiger charge is 2.35. The Morgan fingerprint density at radius 3 is 1.11 bits per heavy atom. The average molecular weight is 743 g/mol. The number of hydrogen-bond donors (Lipinski definition) is 0. The van der Waals surface area contributed by atoms with Crippen LogP contribution in [0, 0.1) is 0 Å². The summed E-state index contributed by atoms with van der Waals surface area (Å²) in [5, 5.41) is 0.652. The highest BCUT2D eigenvalue weighted by Crippen LogP contribution is 2.53. The summed E-state index contributed by atoms with van der Waals surface area (Å²) in [7, 11) is -3.55. The van der Waals surface area contributed by atoms with E-state index in [4.69, 9.17) is 39.9 Å². The molecule has 0 amide bonds. The molecule has 0 saturated heterocycles. The number of aliphatic imine (C=N–C) groups is 1. The maximum absolute atomic E-state index is 15.7. The van der Waals surface area contributed by atoms with Crippen LogP contribution in [0.3, 0.4) is 0 Å². The number of allylic oxidation sites excluding steroid dienone is 1. The van der Waals surface area contributed by atoms with E-state index in [2.05, 4.69) is 0 Å². The predicted octanol–water partition coefficient (Wildman–Crippen LogP) is 9.21. The molecule has 10 rings (SSSR count). The summed E-state index contributed by atoms with van der Waals surface area (Å²) in [6.07, 6.45) is 3.28. The lowest BCUT2D eigenvalue weighted by Gasteiger charge is -2.23. The van der Waals surface area contributed by atoms with Gasteiger partial charge in [0.2, 0.25) is 7.14 Å². The molecule has 10 heteroatoms. The van der Waals surface area contributed by atoms with Gasteiger partial charge in [0.15, 0.2) is 0 Å². The summed E-state index contributed by atoms with van der Waals surface area (Å²) in [5.41, 5.74) is 10.6. The first-order chi connectivity index (χ1) is 27.6. The first-order valence-electron chi connectivity index (χ1n) is 18.4. The molecule has 16 bridgehead atoms. The van der Waals surface area contributed by atoms with E-state index in [-0.39, 0.29) is 0 Å². The molecule has 266 valence electrons. The van der Waals surface area contributed by atoms with Gasteiger partial charge in [-0.25, -0.2) is 39.9 Å². The van der Waals surface area contributed by atoms with E-state index in [0.29, 0.717) is 97.3 Å². The molecular weight excluding hydrogens is 712 g/mol. The fourth-order valence-corrected chi connectivity index (χ4v) is 9.61. The molecule has 0 aliphatic carbocycles. The van der Waals surface area contributed by atoms with E-state index in [1.165, 1.54) is 0 Å². The van der Waals surface area contributed by atoms with E-state index < -0.39 is 7.14 Å². The van der Waals surface area contributed by atoms with Crippen LogP contribution in [0.2, 0.25) is 0 Å². The van der Waals surface area contributed by atoms with Crippen molar-refractivity contribution >= 4 is 23.6 Å². The molecule has 2 aliphatic rings. The van der Waals surface area contributed by atoms with Gasteiger partial charge in [-0.1, -0.05) is 78.9 Å². The summed E-state index contributed by atoms with van der Waals surface area (Å²) < 4.78 is 15.7. The zero-order valence-corrected chi connectivity index (χ0v) is 30.8. The van der Waals surface area contributed by atoms with Crippen LogP contribution in [-0.2, 0) is 4.57 Å². The highest BCUT2D eigenvalue weighted by atomic mass is 31.2. The summed E-state index contributed by atoms with van der Waals surface area (Å²) in [5.74, 6) is 0. The van der Waals surface area contributed by atoms with Gasteiger partial charge in [-0.05, 0) is 97.8 Å². The molecule has 0 spiro atoms. The van der Waals surface area contributed by atoms with Gasteiger partial charge in [0, 0.05) is 5.30 Å². The van der Waals surface area contributed by atoms with Gasteiger partial charge in [-0.3, -0.25) is 0 Å². The monoisotopic (exact) mass is 742 g/mol. The third kappa shape index (κ3) is 6.14. The summed E-state index contributed by atoms with van der Waals surface area (Å²) in [6, 6.07) is 50.1. The van der Waals surface area contributed by atoms with Gasteiger partial charge in [-0.2, -0.15) is 0 Å². The van der Waals surface area contributed by atoms with Crippen LogP contribution in [0.5, 0.6) is 0 Å². The van der Waals surface area contributed by atoms with Crippen LogP contribution in [0.1, 0.15) is 18.5 Å². The fraction of sp³-hybridized carbons (Fsp3) is 0.0435. The Morgan fingerprint density at radius 1 is 0.357 bits per heavy atom. The second-order valence-electron chi connectivity index (χ2n) is 13.4. The SMILES string of the molecule is O=P1(c2ccccc2)C2=CCCC(=N2)c2cccc(n2)-c2cccc(n2)-c2cccc(n2)-c2cccc(n2)-c2cccc(n2)-c2cccc(n2)-c2cccc1n2. The zero-order chi connectivity index (χ0) is 37.5. The van der Waals surface area contributed by atoms with Gasteiger partial charge < -0.3 is 4.57 Å². The molecule has 1 unspecified atom stereocenters. The summed E-state index contributed by atoms with van der Waals surface area (Å²) in [6.45, 7) is 0. The molecule has 7 aromatic heterocycles. The molecule has 0 fully saturated rings. The van der Waals surface area contributed by atoms with Crippen molar-refractivity contribution in [3.05, 3.63) is 175 Å². The van der Waals surface area contributed by atoms with Crippen LogP contribution in [0.15, 0.2) is 174 Å². The number of benzene rings is 1. The minimum Gasteiger partial charge on any atom is -0.305 e. The molecule has 56 heavy (non-hydrogen) atoms. The maximum atomic E-state index is 15.7. The summed E-state index contributed by atoms with van der Waals surface area (Å²) >= 11 is 0. The molecule has 1 aromatic carbocycles. The quantitative estimate of drug-likeness (QED) is 0.153. The number of pyridine rings is 7. The Bertz CT molecular complexity index is 2930. The second-order valence-corrected chi connectivity index (χ2v) is 16.1. The second kappa shape index (κ2) is 14.0. The van der Waals surface area contributed by atoms with Crippen molar-refractivity contribution in [3.63, 3.8) is 0 Å². The van der Waals surface area contributed by atoms with Gasteiger partial charge in [0.1, 0.15) is 10.9 Å². The molecule has 9 nitrogen and oxygen atoms in total. The number of aromatic nitrogens is 7. The molecule has 8 aromatic rings. The zero-order valence-electron chi connectivity index (χ0n) is 29.9. The Balaban J connectivity index is 1.18. The Hall–Kier alpha value is -7.09. The third-order valence-electron chi connectivity index (χ3n) is 9.82. The molecule has 2 aliphatic heterocycles. The van der Waals surface area contributed by atoms with Gasteiger partial charge >= 0.3 is 0 Å². The number of nitrogens with zero attached hydrogens (tertiary/aromatic N) is 8. The average Bonchev–Trinajstić information content (AvgIpc) is 3.29. The van der Waals surface area contributed by atoms with Crippen molar-refractivity contribution < 1.29 is 4.57 Å². The lowest BCUT2D eigenvalue weighted by molar-refractivity contribution is 0.589. The molecule has 0 radical (unpaired) electrons. The molecular formula is C46H31N8OP. The van der Waals surface area contributed by atoms with Crippen molar-refractivity contribution in [1.29, 1.82) is 0 Å². The van der Waals surface area contributed by atoms with Crippen molar-refractivity contribution in [1.82, 2.24) is 34.9 Å². The topological polar surface area (TPSA) is 120 Å². The Kier molecular flexibility index (Phi) is 8.34. The van der Waals surface area contributed by atoms with Gasteiger partial charge in [0.25, 0.3) is 0 Å². The Labute approximate surface area is 323 Å². The van der Waals surface area contributed by atoms with Crippen molar-refractivity contribution in [2.75, 3.05) is 0 Å². The molecule has 0 N–H and O–H groups in total. The van der Waals surface area contributed by atoms with Crippen molar-refractivity contribution in [3.8, 4) is 68.3 Å². The smallest absolute Gasteiger partial charge is 0.205 e. The largest absolute Gasteiger partial charge is 0.305 e. The van der Waals surface area contributed by atoms with Crippen LogP contribution < -0.4 is 10.7 Å². The number of fused-ring (bicyclic) bond motifs is 22. The van der Waals surface area contributed by atoms with E-state index in [1.807, 2.05) is 164 Å². The maximum Gasteiger partial charge on any atom is 0.205 e. The minimum atomic E-state index is -3.55. The van der Waals surface area contributed by atoms with Gasteiger partial charge in [-0.15, -0.1) is 0 Å². The Morgan fingerprint density at radius 2 is 0.696 bits per heavy atom. The number of hydrogen-bond acceptors (Lipinski definition) is 9. The van der Waals surface area contributed by atoms with E-state index >= 15 is 4.57 Å². The lowest BCUT2D eigenvalue weighted by Crippen LogP contribution is -2.22. The minimum absolute atomic E-state index is 0.432. The molecule has 9 heterocycles. The first-order valence-corrected chi connectivity index (χ1v) is 20.1. The van der Waals surface area contributed by atoms with E-state index in [9.17, 15) is 0 Å². The molecule has 0 saturated carbocycles. The normalized spacial score (nSPS) is 15.7. The summed E-state index contributed by atoms with van der Waals surface area (Å²) in [4.78, 5) is 40.3. The molecule has 1 atom stereocenters. The number of rotatable bonds is 1. The lowest BCUT2D eigenvalue weighted by atomic mass is 10.1. The highest BCUT2D eigenvalue weighted by molar-refractivity contribution is 7.82. The fourth-order valence-electron chi connectivity index (χ4n) is 7.06. The van der Waals surface area contributed by atoms with Gasteiger partial charge in [0.05, 0.1) is 79.7 Å². The van der Waals surface area contributed by atoms with Crippen LogP contribution in [-0.4, -0.2) is 40.6 Å². The predicted molar refractivity (Wildman–Crippen MR) is 221 cm³/mol. The van der Waals surface area contributed by atoms with Crippen LogP contribution in [0.4, 0.5) is 0 Å².